The van der Waals surface area contributed by atoms with Crippen molar-refractivity contribution >= 4 is 23.4 Å². The highest BCUT2D eigenvalue weighted by atomic mass is 16.5. The van der Waals surface area contributed by atoms with Crippen molar-refractivity contribution < 1.29 is 38.4 Å². The Morgan fingerprint density at radius 1 is 1.03 bits per heavy atom. The number of carbonyl (C=O) groups excluding carboxylic acids is 3. The number of ether oxygens (including phenoxy) is 4. The Morgan fingerprint density at radius 2 is 1.79 bits per heavy atom. The highest BCUT2D eigenvalue weighted by Gasteiger charge is 2.46. The number of benzene rings is 2. The largest absolute Gasteiger partial charge is 0.507 e. The van der Waals surface area contributed by atoms with E-state index in [1.165, 1.54) is 33.2 Å². The number of likely N-dealkylation sites (tertiary alicyclic amines) is 1. The van der Waals surface area contributed by atoms with Crippen LogP contribution in [0.3, 0.4) is 0 Å². The van der Waals surface area contributed by atoms with Crippen LogP contribution in [0.15, 0.2) is 48.0 Å². The molecule has 0 saturated carbocycles. The van der Waals surface area contributed by atoms with Crippen LogP contribution in [0.5, 0.6) is 17.2 Å². The van der Waals surface area contributed by atoms with E-state index in [-0.39, 0.29) is 35.8 Å². The Bertz CT molecular complexity index is 1110. The van der Waals surface area contributed by atoms with Crippen LogP contribution >= 0.6 is 0 Å². The Hall–Kier alpha value is -3.85. The van der Waals surface area contributed by atoms with E-state index in [9.17, 15) is 19.5 Å². The van der Waals surface area contributed by atoms with E-state index >= 15 is 0 Å². The summed E-state index contributed by atoms with van der Waals surface area (Å²) in [4.78, 5) is 38.7. The second-order valence-corrected chi connectivity index (χ2v) is 7.22. The molecule has 0 aliphatic carbocycles. The van der Waals surface area contributed by atoms with Crippen molar-refractivity contribution in [3.63, 3.8) is 0 Å². The zero-order chi connectivity index (χ0) is 24.1. The van der Waals surface area contributed by atoms with Crippen molar-refractivity contribution in [2.24, 2.45) is 0 Å². The van der Waals surface area contributed by atoms with Gasteiger partial charge in [-0.05, 0) is 29.8 Å². The standard InChI is InChI=1S/C24H25NO8/c1-14(26)33-17-7-5-6-15(12-17)21-20(23(28)24(29)25(21)10-11-30-2)22(27)18-9-8-16(31-3)13-19(18)32-4/h5-9,12-13,21,27H,10-11H2,1-4H3/b22-20-. The Kier molecular flexibility index (Phi) is 7.34. The molecule has 9 nitrogen and oxygen atoms in total. The predicted octanol–water partition coefficient (Wildman–Crippen LogP) is 2.70. The fraction of sp³-hybridized carbons (Fsp3) is 0.292. The molecule has 1 aliphatic heterocycles. The summed E-state index contributed by atoms with van der Waals surface area (Å²) >= 11 is 0. The molecule has 1 heterocycles. The topological polar surface area (TPSA) is 112 Å². The van der Waals surface area contributed by atoms with Gasteiger partial charge >= 0.3 is 5.97 Å². The third kappa shape index (κ3) is 4.83. The van der Waals surface area contributed by atoms with Crippen LogP contribution in [0.25, 0.3) is 5.76 Å². The van der Waals surface area contributed by atoms with Gasteiger partial charge in [-0.25, -0.2) is 0 Å². The molecule has 1 aliphatic rings. The van der Waals surface area contributed by atoms with Crippen molar-refractivity contribution in [2.75, 3.05) is 34.5 Å². The van der Waals surface area contributed by atoms with Crippen LogP contribution in [0.4, 0.5) is 0 Å². The van der Waals surface area contributed by atoms with Gasteiger partial charge in [-0.1, -0.05) is 12.1 Å². The molecule has 3 rings (SSSR count). The number of nitrogens with zero attached hydrogens (tertiary/aromatic N) is 1. The Morgan fingerprint density at radius 3 is 2.42 bits per heavy atom. The fourth-order valence-corrected chi connectivity index (χ4v) is 3.70. The van der Waals surface area contributed by atoms with Gasteiger partial charge in [-0.3, -0.25) is 14.4 Å². The maximum atomic E-state index is 13.1. The monoisotopic (exact) mass is 455 g/mol. The molecule has 2 aromatic rings. The third-order valence-corrected chi connectivity index (χ3v) is 5.18. The number of Topliss-reactive ketones (excluding diaryl/α,β-unsaturated/α-hetero) is 1. The number of ketones is 1. The second-order valence-electron chi connectivity index (χ2n) is 7.22. The molecular formula is C24H25NO8. The van der Waals surface area contributed by atoms with Crippen LogP contribution in [-0.2, 0) is 19.1 Å². The number of methoxy groups -OCH3 is 3. The number of rotatable bonds is 8. The summed E-state index contributed by atoms with van der Waals surface area (Å²) in [7, 11) is 4.39. The normalized spacial score (nSPS) is 17.2. The molecule has 1 N–H and O–H groups in total. The quantitative estimate of drug-likeness (QED) is 0.213. The van der Waals surface area contributed by atoms with Crippen molar-refractivity contribution in [3.05, 3.63) is 59.2 Å². The first-order valence-electron chi connectivity index (χ1n) is 10.1. The van der Waals surface area contributed by atoms with Gasteiger partial charge in [0.15, 0.2) is 0 Å². The summed E-state index contributed by atoms with van der Waals surface area (Å²) in [5, 5.41) is 11.2. The van der Waals surface area contributed by atoms with E-state index < -0.39 is 29.5 Å². The first kappa shape index (κ1) is 23.8. The number of amides is 1. The minimum absolute atomic E-state index is 0.111. The Balaban J connectivity index is 2.20. The summed E-state index contributed by atoms with van der Waals surface area (Å²) in [5.74, 6) is -1.51. The van der Waals surface area contributed by atoms with Gasteiger partial charge in [0.2, 0.25) is 0 Å². The van der Waals surface area contributed by atoms with Crippen LogP contribution in [-0.4, -0.2) is 62.1 Å². The number of hydrogen-bond acceptors (Lipinski definition) is 8. The average Bonchev–Trinajstić information content (AvgIpc) is 3.06. The van der Waals surface area contributed by atoms with Crippen LogP contribution in [0.2, 0.25) is 0 Å². The molecule has 0 spiro atoms. The average molecular weight is 455 g/mol. The predicted molar refractivity (Wildman–Crippen MR) is 118 cm³/mol. The van der Waals surface area contributed by atoms with Gasteiger partial charge in [-0.15, -0.1) is 0 Å². The third-order valence-electron chi connectivity index (χ3n) is 5.18. The van der Waals surface area contributed by atoms with Crippen molar-refractivity contribution in [1.82, 2.24) is 4.90 Å². The minimum atomic E-state index is -0.928. The maximum absolute atomic E-state index is 13.1. The molecule has 0 radical (unpaired) electrons. The molecule has 174 valence electrons. The molecule has 33 heavy (non-hydrogen) atoms. The molecule has 0 aromatic heterocycles. The van der Waals surface area contributed by atoms with E-state index in [2.05, 4.69) is 0 Å². The zero-order valence-corrected chi connectivity index (χ0v) is 18.8. The van der Waals surface area contributed by atoms with Gasteiger partial charge in [0.1, 0.15) is 23.0 Å². The van der Waals surface area contributed by atoms with Gasteiger partial charge in [0.05, 0.1) is 38.0 Å². The molecule has 9 heteroatoms. The molecule has 1 fully saturated rings. The number of carbonyl (C=O) groups is 3. The summed E-state index contributed by atoms with van der Waals surface area (Å²) in [6.45, 7) is 1.56. The Labute approximate surface area is 191 Å². The molecule has 1 amide bonds. The highest BCUT2D eigenvalue weighted by Crippen LogP contribution is 2.42. The lowest BCUT2D eigenvalue weighted by Crippen LogP contribution is -2.32. The number of aliphatic hydroxyl groups excluding tert-OH is 1. The van der Waals surface area contributed by atoms with E-state index in [0.29, 0.717) is 11.3 Å². The first-order chi connectivity index (χ1) is 15.8. The molecule has 1 unspecified atom stereocenters. The summed E-state index contributed by atoms with van der Waals surface area (Å²) in [5.41, 5.74) is 0.599. The number of hydrogen-bond donors (Lipinski definition) is 1. The minimum Gasteiger partial charge on any atom is -0.507 e. The fourth-order valence-electron chi connectivity index (χ4n) is 3.70. The van der Waals surface area contributed by atoms with E-state index in [0.717, 1.165) is 0 Å². The molecule has 1 atom stereocenters. The van der Waals surface area contributed by atoms with Crippen LogP contribution in [0, 0.1) is 0 Å². The highest BCUT2D eigenvalue weighted by molar-refractivity contribution is 6.46. The van der Waals surface area contributed by atoms with Crippen molar-refractivity contribution in [2.45, 2.75) is 13.0 Å². The molecule has 1 saturated heterocycles. The summed E-state index contributed by atoms with van der Waals surface area (Å²) in [6, 6.07) is 10.2. The van der Waals surface area contributed by atoms with E-state index in [1.54, 1.807) is 42.5 Å². The van der Waals surface area contributed by atoms with Gasteiger partial charge in [-0.2, -0.15) is 0 Å². The summed E-state index contributed by atoms with van der Waals surface area (Å²) in [6.07, 6.45) is 0. The number of esters is 1. The SMILES string of the molecule is COCCN1C(=O)C(=O)/C(=C(\O)c2ccc(OC)cc2OC)C1c1cccc(OC(C)=O)c1. The molecule has 0 bridgehead atoms. The zero-order valence-electron chi connectivity index (χ0n) is 18.8. The lowest BCUT2D eigenvalue weighted by Gasteiger charge is -2.25. The van der Waals surface area contributed by atoms with E-state index in [4.69, 9.17) is 18.9 Å². The molecular weight excluding hydrogens is 430 g/mol. The smallest absolute Gasteiger partial charge is 0.308 e. The lowest BCUT2D eigenvalue weighted by molar-refractivity contribution is -0.140. The second kappa shape index (κ2) is 10.2. The van der Waals surface area contributed by atoms with Gasteiger partial charge < -0.3 is 29.0 Å². The van der Waals surface area contributed by atoms with Crippen LogP contribution in [0.1, 0.15) is 24.1 Å². The first-order valence-corrected chi connectivity index (χ1v) is 10.1. The lowest BCUT2D eigenvalue weighted by atomic mass is 9.94. The van der Waals surface area contributed by atoms with E-state index in [1.807, 2.05) is 0 Å². The summed E-state index contributed by atoms with van der Waals surface area (Å²) < 4.78 is 20.8. The van der Waals surface area contributed by atoms with Gasteiger partial charge in [0.25, 0.3) is 11.7 Å². The maximum Gasteiger partial charge on any atom is 0.308 e. The van der Waals surface area contributed by atoms with Gasteiger partial charge in [0, 0.05) is 26.6 Å². The van der Waals surface area contributed by atoms with Crippen molar-refractivity contribution in [3.8, 4) is 17.2 Å². The van der Waals surface area contributed by atoms with Crippen molar-refractivity contribution in [1.29, 1.82) is 0 Å². The van der Waals surface area contributed by atoms with Crippen LogP contribution < -0.4 is 14.2 Å². The number of aliphatic hydroxyl groups is 1. The molecule has 2 aromatic carbocycles.